The number of pyridine rings is 1. The van der Waals surface area contributed by atoms with Crippen molar-refractivity contribution < 1.29 is 0 Å². The molecule has 13 heavy (non-hydrogen) atoms. The Kier molecular flexibility index (Phi) is 4.33. The molecule has 0 spiro atoms. The van der Waals surface area contributed by atoms with E-state index in [1.54, 1.807) is 18.6 Å². The maximum absolute atomic E-state index is 5.75. The first-order valence-electron chi connectivity index (χ1n) is 3.44. The Morgan fingerprint density at radius 3 is 3.00 bits per heavy atom. The van der Waals surface area contributed by atoms with Gasteiger partial charge in [-0.15, -0.1) is 0 Å². The Morgan fingerprint density at radius 2 is 2.46 bits per heavy atom. The second kappa shape index (κ2) is 5.30. The summed E-state index contributed by atoms with van der Waals surface area (Å²) in [5.74, 6) is 5.52. The molecule has 0 atom stereocenters. The molecule has 0 fully saturated rings. The van der Waals surface area contributed by atoms with Crippen LogP contribution in [-0.4, -0.2) is 9.40 Å². The lowest BCUT2D eigenvalue weighted by Crippen LogP contribution is -2.16. The zero-order valence-electron chi connectivity index (χ0n) is 6.72. The van der Waals surface area contributed by atoms with Gasteiger partial charge in [0.15, 0.2) is 0 Å². The molecule has 0 saturated heterocycles. The summed E-state index contributed by atoms with van der Waals surface area (Å²) in [6.07, 6.45) is 5.04. The highest BCUT2D eigenvalue weighted by Crippen LogP contribution is 2.16. The quantitative estimate of drug-likeness (QED) is 0.383. The minimum absolute atomic E-state index is 0.597. The maximum atomic E-state index is 5.75. The number of hydrogen-bond acceptors (Lipinski definition) is 5. The molecule has 4 N–H and O–H groups in total. The van der Waals surface area contributed by atoms with E-state index in [0.29, 0.717) is 5.70 Å². The molecular weight excluding hydrogens is 299 g/mol. The van der Waals surface area contributed by atoms with Crippen LogP contribution in [0.4, 0.5) is 0 Å². The van der Waals surface area contributed by atoms with Gasteiger partial charge in [-0.1, -0.05) is 0 Å². The molecule has 0 bridgehead atoms. The molecule has 1 rings (SSSR count). The third-order valence-electron chi connectivity index (χ3n) is 1.34. The van der Waals surface area contributed by atoms with Crippen molar-refractivity contribution in [3.8, 4) is 0 Å². The van der Waals surface area contributed by atoms with Gasteiger partial charge in [-0.2, -0.15) is 0 Å². The van der Waals surface area contributed by atoms with E-state index in [1.165, 1.54) is 13.5 Å². The Labute approximate surface area is 93.1 Å². The monoisotopic (exact) mass is 308 g/mol. The van der Waals surface area contributed by atoms with Crippen LogP contribution in [-0.2, 0) is 0 Å². The van der Waals surface area contributed by atoms with Crippen molar-refractivity contribution in [1.82, 2.24) is 9.40 Å². The van der Waals surface area contributed by atoms with E-state index in [9.17, 15) is 0 Å². The van der Waals surface area contributed by atoms with Crippen molar-refractivity contribution in [2.24, 2.45) is 11.6 Å². The molecule has 6 heteroatoms. The normalized spacial score (nSPS) is 11.4. The van der Waals surface area contributed by atoms with E-state index in [-0.39, 0.29) is 0 Å². The molecule has 0 aromatic carbocycles. The number of aromatic nitrogens is 1. The van der Waals surface area contributed by atoms with Crippen LogP contribution < -0.4 is 11.6 Å². The molecule has 1 aromatic heterocycles. The van der Waals surface area contributed by atoms with Gasteiger partial charge in [0.2, 0.25) is 0 Å². The van der Waals surface area contributed by atoms with Gasteiger partial charge in [-0.3, -0.25) is 4.98 Å². The number of halogens is 1. The topological polar surface area (TPSA) is 68.2 Å². The summed E-state index contributed by atoms with van der Waals surface area (Å²) in [5.41, 5.74) is 7.22. The maximum Gasteiger partial charge on any atom is 0.0591 e. The van der Waals surface area contributed by atoms with Gasteiger partial charge in [0.05, 0.1) is 11.9 Å². The highest BCUT2D eigenvalue weighted by molar-refractivity contribution is 14.2. The first-order valence-corrected chi connectivity index (χ1v) is 6.76. The molecule has 0 aliphatic heterocycles. The van der Waals surface area contributed by atoms with Crippen LogP contribution >= 0.6 is 30.3 Å². The second-order valence-electron chi connectivity index (χ2n) is 2.26. The molecular formula is C7H9IN4S. The summed E-state index contributed by atoms with van der Waals surface area (Å²) >= 11 is 2.07. The number of rotatable bonds is 3. The lowest BCUT2D eigenvalue weighted by Gasteiger charge is -2.08. The van der Waals surface area contributed by atoms with Crippen molar-refractivity contribution in [2.75, 3.05) is 0 Å². The Balaban J connectivity index is 2.79. The predicted octanol–water partition coefficient (Wildman–Crippen LogP) is 1.51. The third-order valence-corrected chi connectivity index (χ3v) is 2.97. The minimum Gasteiger partial charge on any atom is -0.397 e. The number of hydrazine groups is 1. The zero-order valence-corrected chi connectivity index (χ0v) is 9.70. The van der Waals surface area contributed by atoms with Crippen molar-refractivity contribution in [2.45, 2.75) is 0 Å². The van der Waals surface area contributed by atoms with Gasteiger partial charge in [-0.05, 0) is 12.1 Å². The highest BCUT2D eigenvalue weighted by atomic mass is 127. The highest BCUT2D eigenvalue weighted by Gasteiger charge is 1.97. The summed E-state index contributed by atoms with van der Waals surface area (Å²) in [6, 6.07) is 3.71. The van der Waals surface area contributed by atoms with Crippen LogP contribution in [0, 0.1) is 0 Å². The molecule has 0 amide bonds. The van der Waals surface area contributed by atoms with Gasteiger partial charge in [0.25, 0.3) is 0 Å². The lowest BCUT2D eigenvalue weighted by molar-refractivity contribution is 0.681. The fourth-order valence-corrected chi connectivity index (χ4v) is 1.26. The van der Waals surface area contributed by atoms with Gasteiger partial charge < -0.3 is 5.73 Å². The smallest absolute Gasteiger partial charge is 0.0591 e. The van der Waals surface area contributed by atoms with E-state index >= 15 is 0 Å². The van der Waals surface area contributed by atoms with E-state index in [0.717, 1.165) is 5.56 Å². The second-order valence-corrected chi connectivity index (χ2v) is 4.00. The summed E-state index contributed by atoms with van der Waals surface area (Å²) < 4.78 is 1.43. The Hall–Kier alpha value is -0.470. The van der Waals surface area contributed by atoms with Crippen LogP contribution in [0.25, 0.3) is 5.70 Å². The molecule has 1 heterocycles. The van der Waals surface area contributed by atoms with Crippen LogP contribution in [0.3, 0.4) is 0 Å². The third kappa shape index (κ3) is 3.41. The Bertz CT molecular complexity index is 290. The zero-order chi connectivity index (χ0) is 9.68. The average Bonchev–Trinajstić information content (AvgIpc) is 2.19. The molecule has 1 aromatic rings. The Morgan fingerprint density at radius 1 is 1.69 bits per heavy atom. The predicted molar refractivity (Wildman–Crippen MR) is 64.0 cm³/mol. The molecule has 0 saturated carbocycles. The molecule has 70 valence electrons. The number of nitrogens with two attached hydrogens (primary N) is 2. The van der Waals surface area contributed by atoms with Crippen molar-refractivity contribution >= 4 is 36.0 Å². The summed E-state index contributed by atoms with van der Waals surface area (Å²) in [4.78, 5) is 3.95. The van der Waals surface area contributed by atoms with Crippen LogP contribution in [0.5, 0.6) is 0 Å². The first-order chi connectivity index (χ1) is 6.24. The summed E-state index contributed by atoms with van der Waals surface area (Å²) in [5, 5.41) is 0. The van der Waals surface area contributed by atoms with Crippen LogP contribution in [0.2, 0.25) is 0 Å². The van der Waals surface area contributed by atoms with Gasteiger partial charge in [0.1, 0.15) is 0 Å². The summed E-state index contributed by atoms with van der Waals surface area (Å²) in [6.45, 7) is 0. The molecule has 0 aliphatic carbocycles. The van der Waals surface area contributed by atoms with Crippen molar-refractivity contribution in [3.63, 3.8) is 0 Å². The van der Waals surface area contributed by atoms with Crippen LogP contribution in [0.1, 0.15) is 5.56 Å². The molecule has 4 nitrogen and oxygen atoms in total. The van der Waals surface area contributed by atoms with Crippen molar-refractivity contribution in [3.05, 3.63) is 36.3 Å². The molecule has 0 aliphatic rings. The first kappa shape index (κ1) is 10.6. The van der Waals surface area contributed by atoms with E-state index in [4.69, 9.17) is 11.6 Å². The van der Waals surface area contributed by atoms with Gasteiger partial charge >= 0.3 is 0 Å². The SMILES string of the molecule is N/C(=C\N(N)SI)c1cccnc1. The standard InChI is InChI=1S/C7H9IN4S/c8-13-12(10)5-7(9)6-2-1-3-11-4-6/h1-5H,9-10H2/b7-5-. The van der Waals surface area contributed by atoms with Gasteiger partial charge in [-0.25, -0.2) is 10.3 Å². The lowest BCUT2D eigenvalue weighted by atomic mass is 10.2. The van der Waals surface area contributed by atoms with E-state index in [2.05, 4.69) is 26.2 Å². The number of nitrogens with zero attached hydrogens (tertiary/aromatic N) is 2. The van der Waals surface area contributed by atoms with Crippen LogP contribution in [0.15, 0.2) is 30.7 Å². The van der Waals surface area contributed by atoms with E-state index < -0.39 is 0 Å². The van der Waals surface area contributed by atoms with Crippen molar-refractivity contribution in [1.29, 1.82) is 0 Å². The fraction of sp³-hybridized carbons (Fsp3) is 0. The van der Waals surface area contributed by atoms with E-state index in [1.807, 2.05) is 12.1 Å². The van der Waals surface area contributed by atoms with Gasteiger partial charge in [0, 0.05) is 48.3 Å². The summed E-state index contributed by atoms with van der Waals surface area (Å²) in [7, 11) is 1.35. The average molecular weight is 308 g/mol. The molecule has 0 unspecified atom stereocenters. The largest absolute Gasteiger partial charge is 0.397 e. The molecule has 0 radical (unpaired) electrons. The fourth-order valence-electron chi connectivity index (χ4n) is 0.765. The minimum atomic E-state index is 0.597. The number of hydrogen-bond donors (Lipinski definition) is 2.